The Morgan fingerprint density at radius 2 is 1.89 bits per heavy atom. The maximum Gasteiger partial charge on any atom is 0.142 e. The summed E-state index contributed by atoms with van der Waals surface area (Å²) in [7, 11) is 0. The van der Waals surface area contributed by atoms with E-state index in [4.69, 9.17) is 15.2 Å². The van der Waals surface area contributed by atoms with E-state index in [0.29, 0.717) is 12.3 Å². The summed E-state index contributed by atoms with van der Waals surface area (Å²) in [5.41, 5.74) is 6.46. The Labute approximate surface area is 118 Å². The summed E-state index contributed by atoms with van der Waals surface area (Å²) in [6.07, 6.45) is 1.86. The van der Waals surface area contributed by atoms with Gasteiger partial charge in [0.2, 0.25) is 0 Å². The lowest BCUT2D eigenvalue weighted by molar-refractivity contribution is 0.122. The maximum absolute atomic E-state index is 5.78. The van der Waals surface area contributed by atoms with Crippen molar-refractivity contribution in [1.82, 2.24) is 0 Å². The van der Waals surface area contributed by atoms with Crippen molar-refractivity contribution in [2.24, 2.45) is 0 Å². The minimum Gasteiger partial charge on any atom is -0.491 e. The minimum atomic E-state index is 0.632. The Hall–Kier alpha value is -1.52. The van der Waals surface area contributed by atoms with E-state index in [1.807, 2.05) is 24.3 Å². The number of nitrogens with two attached hydrogens (primary N) is 1. The topological polar surface area (TPSA) is 44.5 Å². The van der Waals surface area contributed by atoms with Crippen LogP contribution in [0.25, 0.3) is 0 Å². The molecule has 19 heavy (non-hydrogen) atoms. The van der Waals surface area contributed by atoms with E-state index < -0.39 is 0 Å². The van der Waals surface area contributed by atoms with E-state index in [1.54, 1.807) is 11.3 Å². The zero-order valence-corrected chi connectivity index (χ0v) is 11.7. The molecule has 1 aromatic carbocycles. The maximum atomic E-state index is 5.78. The highest BCUT2D eigenvalue weighted by Gasteiger charge is 1.98. The Morgan fingerprint density at radius 3 is 2.68 bits per heavy atom. The molecule has 2 rings (SSSR count). The molecule has 0 bridgehead atoms. The zero-order valence-electron chi connectivity index (χ0n) is 10.9. The highest BCUT2D eigenvalue weighted by Crippen LogP contribution is 2.19. The van der Waals surface area contributed by atoms with Gasteiger partial charge in [-0.15, -0.1) is 11.3 Å². The Balaban J connectivity index is 1.52. The van der Waals surface area contributed by atoms with Gasteiger partial charge in [0, 0.05) is 24.3 Å². The molecule has 1 aromatic heterocycles. The molecule has 0 unspecified atom stereocenters. The Kier molecular flexibility index (Phi) is 5.72. The molecule has 0 saturated carbocycles. The lowest BCUT2D eigenvalue weighted by atomic mass is 10.3. The van der Waals surface area contributed by atoms with Crippen LogP contribution in [0.15, 0.2) is 41.8 Å². The van der Waals surface area contributed by atoms with E-state index in [0.717, 1.165) is 31.8 Å². The molecule has 0 aliphatic carbocycles. The average molecular weight is 277 g/mol. The number of para-hydroxylation sites is 2. The summed E-state index contributed by atoms with van der Waals surface area (Å²) >= 11 is 1.77. The molecule has 0 aliphatic heterocycles. The summed E-state index contributed by atoms with van der Waals surface area (Å²) in [4.78, 5) is 1.37. The van der Waals surface area contributed by atoms with Crippen LogP contribution in [0.4, 0.5) is 5.69 Å². The van der Waals surface area contributed by atoms with Crippen molar-refractivity contribution in [1.29, 1.82) is 0 Å². The summed E-state index contributed by atoms with van der Waals surface area (Å²) in [6.45, 7) is 2.12. The van der Waals surface area contributed by atoms with Gasteiger partial charge in [-0.05, 0) is 23.6 Å². The molecule has 0 aliphatic rings. The van der Waals surface area contributed by atoms with Gasteiger partial charge < -0.3 is 15.2 Å². The normalized spacial score (nSPS) is 10.5. The molecule has 4 heteroatoms. The van der Waals surface area contributed by atoms with Gasteiger partial charge in [-0.3, -0.25) is 0 Å². The third-order valence-corrected chi connectivity index (χ3v) is 3.62. The van der Waals surface area contributed by atoms with Gasteiger partial charge >= 0.3 is 0 Å². The number of hydrogen-bond acceptors (Lipinski definition) is 4. The second-order valence-corrected chi connectivity index (χ2v) is 5.21. The number of nitrogen functional groups attached to an aromatic ring is 1. The van der Waals surface area contributed by atoms with Gasteiger partial charge in [0.25, 0.3) is 0 Å². The van der Waals surface area contributed by atoms with Crippen molar-refractivity contribution >= 4 is 17.0 Å². The molecule has 0 fully saturated rings. The van der Waals surface area contributed by atoms with Crippen molar-refractivity contribution in [3.05, 3.63) is 46.7 Å². The second-order valence-electron chi connectivity index (χ2n) is 4.18. The smallest absolute Gasteiger partial charge is 0.142 e. The first-order chi connectivity index (χ1) is 9.36. The van der Waals surface area contributed by atoms with Gasteiger partial charge in [-0.1, -0.05) is 18.2 Å². The number of anilines is 1. The van der Waals surface area contributed by atoms with Crippen LogP contribution in [0.5, 0.6) is 5.75 Å². The molecule has 1 heterocycles. The van der Waals surface area contributed by atoms with Gasteiger partial charge in [-0.2, -0.15) is 0 Å². The van der Waals surface area contributed by atoms with Gasteiger partial charge in [0.05, 0.1) is 18.9 Å². The number of rotatable bonds is 8. The van der Waals surface area contributed by atoms with E-state index >= 15 is 0 Å². The van der Waals surface area contributed by atoms with E-state index in [2.05, 4.69) is 17.5 Å². The van der Waals surface area contributed by atoms with Crippen LogP contribution < -0.4 is 10.5 Å². The molecule has 0 amide bonds. The lowest BCUT2D eigenvalue weighted by Gasteiger charge is -2.08. The third kappa shape index (κ3) is 4.93. The van der Waals surface area contributed by atoms with E-state index in [9.17, 15) is 0 Å². The highest BCUT2D eigenvalue weighted by atomic mass is 32.1. The van der Waals surface area contributed by atoms with Crippen LogP contribution in [0.2, 0.25) is 0 Å². The molecule has 2 aromatic rings. The summed E-state index contributed by atoms with van der Waals surface area (Å²) in [5.74, 6) is 0.751. The second kappa shape index (κ2) is 7.81. The average Bonchev–Trinajstić information content (AvgIpc) is 2.93. The fourth-order valence-corrected chi connectivity index (χ4v) is 2.37. The first-order valence-electron chi connectivity index (χ1n) is 6.43. The quantitative estimate of drug-likeness (QED) is 0.594. The van der Waals surface area contributed by atoms with Crippen LogP contribution in [-0.2, 0) is 11.2 Å². The number of ether oxygens (including phenoxy) is 2. The fourth-order valence-electron chi connectivity index (χ4n) is 1.68. The van der Waals surface area contributed by atoms with Crippen molar-refractivity contribution in [3.63, 3.8) is 0 Å². The first-order valence-corrected chi connectivity index (χ1v) is 7.31. The molecular weight excluding hydrogens is 258 g/mol. The summed E-state index contributed by atoms with van der Waals surface area (Å²) in [5, 5.41) is 2.09. The van der Waals surface area contributed by atoms with Gasteiger partial charge in [0.15, 0.2) is 0 Å². The van der Waals surface area contributed by atoms with Crippen LogP contribution >= 0.6 is 11.3 Å². The third-order valence-electron chi connectivity index (χ3n) is 2.68. The Bertz CT molecular complexity index is 471. The van der Waals surface area contributed by atoms with Gasteiger partial charge in [-0.25, -0.2) is 0 Å². The molecule has 0 radical (unpaired) electrons. The minimum absolute atomic E-state index is 0.632. The summed E-state index contributed by atoms with van der Waals surface area (Å²) in [6, 6.07) is 11.7. The largest absolute Gasteiger partial charge is 0.491 e. The molecule has 0 spiro atoms. The van der Waals surface area contributed by atoms with Crippen LogP contribution in [-0.4, -0.2) is 19.8 Å². The number of hydrogen-bond donors (Lipinski definition) is 1. The molecule has 0 atom stereocenters. The summed E-state index contributed by atoms with van der Waals surface area (Å²) < 4.78 is 11.2. The molecule has 0 saturated heterocycles. The van der Waals surface area contributed by atoms with Gasteiger partial charge in [0.1, 0.15) is 5.75 Å². The van der Waals surface area contributed by atoms with E-state index in [-0.39, 0.29) is 0 Å². The zero-order chi connectivity index (χ0) is 13.3. The Morgan fingerprint density at radius 1 is 1.00 bits per heavy atom. The molecular formula is C15H19NO2S. The van der Waals surface area contributed by atoms with Crippen molar-refractivity contribution in [2.45, 2.75) is 12.8 Å². The van der Waals surface area contributed by atoms with Crippen molar-refractivity contribution in [2.75, 3.05) is 25.6 Å². The molecule has 3 nitrogen and oxygen atoms in total. The lowest BCUT2D eigenvalue weighted by Crippen LogP contribution is -2.05. The molecule has 2 N–H and O–H groups in total. The van der Waals surface area contributed by atoms with Crippen molar-refractivity contribution < 1.29 is 9.47 Å². The fraction of sp³-hybridized carbons (Fsp3) is 0.333. The predicted octanol–water partition coefficient (Wildman–Crippen LogP) is 3.36. The van der Waals surface area contributed by atoms with Crippen LogP contribution in [0, 0.1) is 0 Å². The highest BCUT2D eigenvalue weighted by molar-refractivity contribution is 7.09. The molecule has 102 valence electrons. The van der Waals surface area contributed by atoms with Crippen molar-refractivity contribution in [3.8, 4) is 5.75 Å². The SMILES string of the molecule is Nc1ccccc1OCCCOCCc1cccs1. The van der Waals surface area contributed by atoms with E-state index in [1.165, 1.54) is 4.88 Å². The number of benzene rings is 1. The van der Waals surface area contributed by atoms with Crippen LogP contribution in [0.3, 0.4) is 0 Å². The predicted molar refractivity (Wildman–Crippen MR) is 79.8 cm³/mol. The van der Waals surface area contributed by atoms with Crippen LogP contribution in [0.1, 0.15) is 11.3 Å². The first kappa shape index (κ1) is 13.9. The standard InChI is InChI=1S/C15H19NO2S/c16-14-6-1-2-7-15(14)18-10-4-9-17-11-8-13-5-3-12-19-13/h1-3,5-7,12H,4,8-11,16H2. The number of thiophene rings is 1. The monoisotopic (exact) mass is 277 g/mol.